The van der Waals surface area contributed by atoms with E-state index in [1.54, 1.807) is 24.3 Å². The lowest BCUT2D eigenvalue weighted by Gasteiger charge is -2.03. The Morgan fingerprint density at radius 2 is 2.12 bits per heavy atom. The van der Waals surface area contributed by atoms with Crippen molar-refractivity contribution in [1.82, 2.24) is 5.43 Å². The Bertz CT molecular complexity index is 881. The van der Waals surface area contributed by atoms with Gasteiger partial charge in [-0.3, -0.25) is 14.9 Å². The first-order valence-corrected chi connectivity index (χ1v) is 7.59. The van der Waals surface area contributed by atoms with Crippen molar-refractivity contribution in [2.75, 3.05) is 13.9 Å². The van der Waals surface area contributed by atoms with E-state index in [1.165, 1.54) is 25.5 Å². The molecule has 1 aliphatic rings. The molecule has 0 aliphatic carbocycles. The zero-order chi connectivity index (χ0) is 18.5. The van der Waals surface area contributed by atoms with Crippen LogP contribution in [0.1, 0.15) is 11.1 Å². The summed E-state index contributed by atoms with van der Waals surface area (Å²) < 4.78 is 15.4. The number of ether oxygens (including phenoxy) is 3. The second-order valence-corrected chi connectivity index (χ2v) is 5.35. The molecule has 1 amide bonds. The Labute approximate surface area is 148 Å². The number of carbonyl (C=O) groups is 1. The Balaban J connectivity index is 1.60. The molecule has 134 valence electrons. The van der Waals surface area contributed by atoms with E-state index in [0.717, 1.165) is 5.56 Å². The van der Waals surface area contributed by atoms with Crippen LogP contribution in [-0.2, 0) is 11.2 Å². The van der Waals surface area contributed by atoms with Crippen LogP contribution in [0.2, 0.25) is 0 Å². The zero-order valence-corrected chi connectivity index (χ0v) is 13.8. The summed E-state index contributed by atoms with van der Waals surface area (Å²) in [4.78, 5) is 22.4. The summed E-state index contributed by atoms with van der Waals surface area (Å²) in [6.45, 7) is 0.170. The third-order valence-corrected chi connectivity index (χ3v) is 3.60. The van der Waals surface area contributed by atoms with Gasteiger partial charge in [-0.15, -0.1) is 0 Å². The third-order valence-electron chi connectivity index (χ3n) is 3.60. The molecule has 0 bridgehead atoms. The lowest BCUT2D eigenvalue weighted by molar-refractivity contribution is -0.385. The van der Waals surface area contributed by atoms with Gasteiger partial charge < -0.3 is 14.2 Å². The van der Waals surface area contributed by atoms with Crippen LogP contribution in [0, 0.1) is 10.1 Å². The number of methoxy groups -OCH3 is 1. The second-order valence-electron chi connectivity index (χ2n) is 5.35. The maximum atomic E-state index is 12.0. The van der Waals surface area contributed by atoms with Gasteiger partial charge in [-0.2, -0.15) is 5.10 Å². The molecule has 2 aromatic carbocycles. The standard InChI is InChI=1S/C17H15N3O6/c1-24-14-4-3-12(6-13(14)20(22)23)9-18-19-17(21)8-11-2-5-15-16(7-11)26-10-25-15/h2-7,9H,8,10H2,1H3,(H,19,21)/b18-9-. The number of hydrogen-bond donors (Lipinski definition) is 1. The van der Waals surface area contributed by atoms with E-state index in [9.17, 15) is 14.9 Å². The summed E-state index contributed by atoms with van der Waals surface area (Å²) >= 11 is 0. The Morgan fingerprint density at radius 1 is 1.31 bits per heavy atom. The van der Waals surface area contributed by atoms with Crippen LogP contribution in [0.3, 0.4) is 0 Å². The number of nitro groups is 1. The maximum Gasteiger partial charge on any atom is 0.311 e. The van der Waals surface area contributed by atoms with Crippen LogP contribution >= 0.6 is 0 Å². The first kappa shape index (κ1) is 17.2. The van der Waals surface area contributed by atoms with Gasteiger partial charge in [0.1, 0.15) is 0 Å². The van der Waals surface area contributed by atoms with Gasteiger partial charge in [-0.25, -0.2) is 5.43 Å². The van der Waals surface area contributed by atoms with Gasteiger partial charge in [0.15, 0.2) is 17.2 Å². The van der Waals surface area contributed by atoms with Crippen LogP contribution in [0.25, 0.3) is 0 Å². The SMILES string of the molecule is COc1ccc(/C=N\NC(=O)Cc2ccc3c(c2)OCO3)cc1[N+](=O)[O-]. The van der Waals surface area contributed by atoms with Crippen molar-refractivity contribution in [3.05, 3.63) is 57.6 Å². The van der Waals surface area contributed by atoms with Crippen molar-refractivity contribution in [2.45, 2.75) is 6.42 Å². The molecule has 2 aromatic rings. The first-order chi connectivity index (χ1) is 12.6. The summed E-state index contributed by atoms with van der Waals surface area (Å²) in [7, 11) is 1.35. The summed E-state index contributed by atoms with van der Waals surface area (Å²) in [6.07, 6.45) is 1.43. The highest BCUT2D eigenvalue weighted by Gasteiger charge is 2.15. The van der Waals surface area contributed by atoms with E-state index in [1.807, 2.05) is 0 Å². The molecule has 0 aromatic heterocycles. The van der Waals surface area contributed by atoms with Crippen molar-refractivity contribution in [3.63, 3.8) is 0 Å². The third kappa shape index (κ3) is 3.89. The highest BCUT2D eigenvalue weighted by atomic mass is 16.7. The molecule has 1 heterocycles. The minimum Gasteiger partial charge on any atom is -0.490 e. The molecular formula is C17H15N3O6. The van der Waals surface area contributed by atoms with Gasteiger partial charge in [0.2, 0.25) is 12.7 Å². The molecule has 0 atom stereocenters. The molecule has 0 fully saturated rings. The van der Waals surface area contributed by atoms with Crippen molar-refractivity contribution in [2.24, 2.45) is 5.10 Å². The monoisotopic (exact) mass is 357 g/mol. The van der Waals surface area contributed by atoms with Crippen molar-refractivity contribution in [3.8, 4) is 17.2 Å². The number of fused-ring (bicyclic) bond motifs is 1. The Morgan fingerprint density at radius 3 is 2.88 bits per heavy atom. The average molecular weight is 357 g/mol. The van der Waals surface area contributed by atoms with E-state index in [2.05, 4.69) is 10.5 Å². The molecule has 0 saturated carbocycles. The summed E-state index contributed by atoms with van der Waals surface area (Å²) in [5.74, 6) is 1.07. The number of hydrogen-bond acceptors (Lipinski definition) is 7. The molecule has 9 nitrogen and oxygen atoms in total. The van der Waals surface area contributed by atoms with Gasteiger partial charge >= 0.3 is 5.69 Å². The highest BCUT2D eigenvalue weighted by Crippen LogP contribution is 2.32. The molecule has 0 unspecified atom stereocenters. The first-order valence-electron chi connectivity index (χ1n) is 7.59. The number of amides is 1. The number of rotatable bonds is 6. The molecule has 1 aliphatic heterocycles. The number of nitrogens with zero attached hydrogens (tertiary/aromatic N) is 2. The quantitative estimate of drug-likeness (QED) is 0.481. The molecule has 0 radical (unpaired) electrons. The minimum atomic E-state index is -0.547. The second kappa shape index (κ2) is 7.51. The topological polar surface area (TPSA) is 112 Å². The minimum absolute atomic E-state index is 0.108. The van der Waals surface area contributed by atoms with Gasteiger partial charge in [0.05, 0.1) is 24.7 Å². The van der Waals surface area contributed by atoms with Crippen LogP contribution in [0.15, 0.2) is 41.5 Å². The number of benzene rings is 2. The van der Waals surface area contributed by atoms with Crippen molar-refractivity contribution >= 4 is 17.8 Å². The fourth-order valence-electron chi connectivity index (χ4n) is 2.38. The van der Waals surface area contributed by atoms with E-state index < -0.39 is 4.92 Å². The molecule has 9 heteroatoms. The number of hydrazone groups is 1. The zero-order valence-electron chi connectivity index (χ0n) is 13.8. The number of nitrogens with one attached hydrogen (secondary N) is 1. The largest absolute Gasteiger partial charge is 0.490 e. The number of nitro benzene ring substituents is 1. The molecular weight excluding hydrogens is 342 g/mol. The van der Waals surface area contributed by atoms with E-state index in [0.29, 0.717) is 17.1 Å². The van der Waals surface area contributed by atoms with Crippen LogP contribution in [0.5, 0.6) is 17.2 Å². The highest BCUT2D eigenvalue weighted by molar-refractivity contribution is 5.84. The molecule has 0 saturated heterocycles. The Hall–Kier alpha value is -3.62. The summed E-state index contributed by atoms with van der Waals surface area (Å²) in [5, 5.41) is 14.8. The summed E-state index contributed by atoms with van der Waals surface area (Å²) in [6, 6.07) is 9.62. The van der Waals surface area contributed by atoms with Crippen LogP contribution in [0.4, 0.5) is 5.69 Å². The smallest absolute Gasteiger partial charge is 0.311 e. The van der Waals surface area contributed by atoms with Crippen molar-refractivity contribution < 1.29 is 23.9 Å². The Kier molecular flexibility index (Phi) is 4.97. The lowest BCUT2D eigenvalue weighted by atomic mass is 10.1. The average Bonchev–Trinajstić information content (AvgIpc) is 3.09. The normalized spacial score (nSPS) is 12.2. The molecule has 1 N–H and O–H groups in total. The van der Waals surface area contributed by atoms with Crippen LogP contribution in [-0.4, -0.2) is 30.9 Å². The summed E-state index contributed by atoms with van der Waals surface area (Å²) in [5.41, 5.74) is 3.42. The number of carbonyl (C=O) groups excluding carboxylic acids is 1. The van der Waals surface area contributed by atoms with Crippen LogP contribution < -0.4 is 19.6 Å². The van der Waals surface area contributed by atoms with Gasteiger partial charge in [0, 0.05) is 11.6 Å². The predicted octanol–water partition coefficient (Wildman–Crippen LogP) is 2.02. The molecule has 0 spiro atoms. The van der Waals surface area contributed by atoms with E-state index >= 15 is 0 Å². The maximum absolute atomic E-state index is 12.0. The van der Waals surface area contributed by atoms with Crippen molar-refractivity contribution in [1.29, 1.82) is 0 Å². The predicted molar refractivity (Wildman–Crippen MR) is 91.7 cm³/mol. The van der Waals surface area contributed by atoms with Gasteiger partial charge in [-0.1, -0.05) is 6.07 Å². The van der Waals surface area contributed by atoms with Gasteiger partial charge in [-0.05, 0) is 29.8 Å². The van der Waals surface area contributed by atoms with E-state index in [-0.39, 0.29) is 30.6 Å². The van der Waals surface area contributed by atoms with E-state index in [4.69, 9.17) is 14.2 Å². The fourth-order valence-corrected chi connectivity index (χ4v) is 2.38. The molecule has 3 rings (SSSR count). The molecule has 26 heavy (non-hydrogen) atoms. The lowest BCUT2D eigenvalue weighted by Crippen LogP contribution is -2.19. The van der Waals surface area contributed by atoms with Gasteiger partial charge in [0.25, 0.3) is 0 Å². The fraction of sp³-hybridized carbons (Fsp3) is 0.176.